The molecule has 0 radical (unpaired) electrons. The van der Waals surface area contributed by atoms with Gasteiger partial charge in [0, 0.05) is 37.5 Å². The average molecular weight is 286 g/mol. The smallest absolute Gasteiger partial charge is 0.255 e. The molecular formula is C15H15FN4O. The molecule has 0 bridgehead atoms. The van der Waals surface area contributed by atoms with Crippen molar-refractivity contribution in [1.29, 1.82) is 0 Å². The minimum atomic E-state index is -0.463. The number of nitrogens with zero attached hydrogens (tertiary/aromatic N) is 4. The molecule has 6 heteroatoms. The van der Waals surface area contributed by atoms with E-state index < -0.39 is 5.82 Å². The van der Waals surface area contributed by atoms with E-state index in [0.717, 1.165) is 25.1 Å². The molecule has 21 heavy (non-hydrogen) atoms. The Labute approximate surface area is 121 Å². The van der Waals surface area contributed by atoms with Gasteiger partial charge in [-0.05, 0) is 24.8 Å². The fraction of sp³-hybridized carbons (Fsp3) is 0.400. The lowest BCUT2D eigenvalue weighted by Crippen LogP contribution is -2.31. The number of piperidine rings is 1. The predicted molar refractivity (Wildman–Crippen MR) is 76.5 cm³/mol. The van der Waals surface area contributed by atoms with Gasteiger partial charge in [-0.1, -0.05) is 0 Å². The van der Waals surface area contributed by atoms with Crippen molar-refractivity contribution < 1.29 is 4.39 Å². The van der Waals surface area contributed by atoms with Gasteiger partial charge in [0.15, 0.2) is 5.82 Å². The predicted octanol–water partition coefficient (Wildman–Crippen LogP) is 1.58. The van der Waals surface area contributed by atoms with Gasteiger partial charge in [-0.25, -0.2) is 9.37 Å². The van der Waals surface area contributed by atoms with Crippen molar-refractivity contribution in [2.45, 2.75) is 18.9 Å². The lowest BCUT2D eigenvalue weighted by molar-refractivity contribution is 0.624. The SMILES string of the molecule is Cn1c(N2CC[C@@H]3CC32)nc(-c2ccncc2F)cc1=O. The molecule has 5 nitrogen and oxygen atoms in total. The van der Waals surface area contributed by atoms with Gasteiger partial charge >= 0.3 is 0 Å². The fourth-order valence-corrected chi connectivity index (χ4v) is 3.15. The van der Waals surface area contributed by atoms with E-state index in [0.29, 0.717) is 23.2 Å². The first-order valence-electron chi connectivity index (χ1n) is 7.10. The van der Waals surface area contributed by atoms with E-state index in [1.807, 2.05) is 0 Å². The third kappa shape index (κ3) is 1.93. The van der Waals surface area contributed by atoms with Crippen LogP contribution in [-0.2, 0) is 7.05 Å². The lowest BCUT2D eigenvalue weighted by Gasteiger charge is -2.22. The highest BCUT2D eigenvalue weighted by Gasteiger charge is 2.48. The molecule has 1 aliphatic heterocycles. The molecule has 2 aromatic rings. The Morgan fingerprint density at radius 3 is 2.95 bits per heavy atom. The van der Waals surface area contributed by atoms with Gasteiger partial charge in [-0.3, -0.25) is 14.3 Å². The zero-order chi connectivity index (χ0) is 14.6. The summed E-state index contributed by atoms with van der Waals surface area (Å²) in [6.07, 6.45) is 4.96. The Morgan fingerprint density at radius 1 is 1.43 bits per heavy atom. The minimum Gasteiger partial charge on any atom is -0.339 e. The number of hydrogen-bond acceptors (Lipinski definition) is 4. The second-order valence-electron chi connectivity index (χ2n) is 5.74. The number of hydrogen-bond donors (Lipinski definition) is 0. The summed E-state index contributed by atoms with van der Waals surface area (Å²) in [6.45, 7) is 0.915. The number of aromatic nitrogens is 3. The van der Waals surface area contributed by atoms with Crippen molar-refractivity contribution in [2.24, 2.45) is 13.0 Å². The van der Waals surface area contributed by atoms with E-state index in [2.05, 4.69) is 14.9 Å². The highest BCUT2D eigenvalue weighted by molar-refractivity contribution is 5.60. The molecule has 1 saturated carbocycles. The second-order valence-corrected chi connectivity index (χ2v) is 5.74. The van der Waals surface area contributed by atoms with Crippen LogP contribution in [0.1, 0.15) is 12.8 Å². The quantitative estimate of drug-likeness (QED) is 0.841. The number of halogens is 1. The van der Waals surface area contributed by atoms with Crippen LogP contribution in [0.5, 0.6) is 0 Å². The molecular weight excluding hydrogens is 271 g/mol. The van der Waals surface area contributed by atoms with Crippen LogP contribution in [0.15, 0.2) is 29.3 Å². The molecule has 0 spiro atoms. The first-order chi connectivity index (χ1) is 10.1. The molecule has 0 aromatic carbocycles. The topological polar surface area (TPSA) is 51.0 Å². The monoisotopic (exact) mass is 286 g/mol. The number of anilines is 1. The van der Waals surface area contributed by atoms with E-state index in [-0.39, 0.29) is 5.56 Å². The van der Waals surface area contributed by atoms with E-state index in [1.165, 1.54) is 18.7 Å². The molecule has 3 heterocycles. The van der Waals surface area contributed by atoms with Crippen LogP contribution < -0.4 is 10.5 Å². The van der Waals surface area contributed by atoms with Crippen LogP contribution in [0, 0.1) is 11.7 Å². The summed E-state index contributed by atoms with van der Waals surface area (Å²) in [5, 5.41) is 0. The molecule has 108 valence electrons. The van der Waals surface area contributed by atoms with E-state index in [4.69, 9.17) is 0 Å². The molecule has 4 rings (SSSR count). The highest BCUT2D eigenvalue weighted by Crippen LogP contribution is 2.45. The fourth-order valence-electron chi connectivity index (χ4n) is 3.15. The van der Waals surface area contributed by atoms with Gasteiger partial charge in [-0.2, -0.15) is 0 Å². The number of rotatable bonds is 2. The van der Waals surface area contributed by atoms with Crippen LogP contribution in [0.25, 0.3) is 11.3 Å². The van der Waals surface area contributed by atoms with Gasteiger partial charge in [0.1, 0.15) is 0 Å². The zero-order valence-corrected chi connectivity index (χ0v) is 11.7. The first-order valence-corrected chi connectivity index (χ1v) is 7.10. The maximum Gasteiger partial charge on any atom is 0.255 e. The van der Waals surface area contributed by atoms with Crippen molar-refractivity contribution >= 4 is 5.95 Å². The Kier molecular flexibility index (Phi) is 2.60. The van der Waals surface area contributed by atoms with Crippen molar-refractivity contribution in [3.05, 3.63) is 40.7 Å². The molecule has 2 aliphatic rings. The van der Waals surface area contributed by atoms with Crippen LogP contribution in [0.3, 0.4) is 0 Å². The van der Waals surface area contributed by atoms with Crippen molar-refractivity contribution in [3.8, 4) is 11.3 Å². The molecule has 1 saturated heterocycles. The van der Waals surface area contributed by atoms with Gasteiger partial charge in [0.05, 0.1) is 11.9 Å². The summed E-state index contributed by atoms with van der Waals surface area (Å²) in [7, 11) is 1.72. The normalized spacial score (nSPS) is 23.2. The van der Waals surface area contributed by atoms with E-state index in [9.17, 15) is 9.18 Å². The molecule has 2 aromatic heterocycles. The first kappa shape index (κ1) is 12.5. The molecule has 1 unspecified atom stereocenters. The summed E-state index contributed by atoms with van der Waals surface area (Å²) in [6, 6.07) is 3.42. The van der Waals surface area contributed by atoms with Gasteiger partial charge in [0.2, 0.25) is 5.95 Å². The molecule has 1 aliphatic carbocycles. The third-order valence-corrected chi connectivity index (χ3v) is 4.44. The molecule has 0 N–H and O–H groups in total. The van der Waals surface area contributed by atoms with Crippen LogP contribution in [0.4, 0.5) is 10.3 Å². The third-order valence-electron chi connectivity index (χ3n) is 4.44. The summed E-state index contributed by atoms with van der Waals surface area (Å²) in [4.78, 5) is 22.6. The maximum absolute atomic E-state index is 13.9. The Balaban J connectivity index is 1.85. The number of pyridine rings is 1. The molecule has 2 atom stereocenters. The van der Waals surface area contributed by atoms with Gasteiger partial charge < -0.3 is 4.90 Å². The van der Waals surface area contributed by atoms with Crippen molar-refractivity contribution in [3.63, 3.8) is 0 Å². The summed E-state index contributed by atoms with van der Waals surface area (Å²) >= 11 is 0. The average Bonchev–Trinajstić information content (AvgIpc) is 3.14. The summed E-state index contributed by atoms with van der Waals surface area (Å²) in [5.74, 6) is 0.914. The molecule has 2 fully saturated rings. The highest BCUT2D eigenvalue weighted by atomic mass is 19.1. The standard InChI is InChI=1S/C15H15FN4O/c1-19-14(21)7-12(10-2-4-17-8-11(10)16)18-15(19)20-5-3-9-6-13(9)20/h2,4,7-9,13H,3,5-6H2,1H3/t9-,13?/m1/s1. The van der Waals surface area contributed by atoms with Crippen LogP contribution >= 0.6 is 0 Å². The Morgan fingerprint density at radius 2 is 2.29 bits per heavy atom. The van der Waals surface area contributed by atoms with Crippen molar-refractivity contribution in [2.75, 3.05) is 11.4 Å². The van der Waals surface area contributed by atoms with E-state index >= 15 is 0 Å². The maximum atomic E-state index is 13.9. The van der Waals surface area contributed by atoms with Gasteiger partial charge in [-0.15, -0.1) is 0 Å². The Bertz CT molecular complexity index is 773. The van der Waals surface area contributed by atoms with Crippen LogP contribution in [0.2, 0.25) is 0 Å². The summed E-state index contributed by atoms with van der Waals surface area (Å²) < 4.78 is 15.4. The largest absolute Gasteiger partial charge is 0.339 e. The zero-order valence-electron chi connectivity index (χ0n) is 11.7. The lowest BCUT2D eigenvalue weighted by atomic mass is 10.2. The van der Waals surface area contributed by atoms with Crippen LogP contribution in [-0.4, -0.2) is 27.1 Å². The summed E-state index contributed by atoms with van der Waals surface area (Å²) in [5.41, 5.74) is 0.517. The second kappa shape index (κ2) is 4.38. The van der Waals surface area contributed by atoms with Gasteiger partial charge in [0.25, 0.3) is 5.56 Å². The Hall–Kier alpha value is -2.24. The number of fused-ring (bicyclic) bond motifs is 1. The van der Waals surface area contributed by atoms with Crippen molar-refractivity contribution in [1.82, 2.24) is 14.5 Å². The molecule has 0 amide bonds. The van der Waals surface area contributed by atoms with E-state index in [1.54, 1.807) is 17.7 Å². The minimum absolute atomic E-state index is 0.171.